The minimum atomic E-state index is -0.168. The lowest BCUT2D eigenvalue weighted by Gasteiger charge is -2.20. The number of aliphatic hydroxyl groups is 1. The van der Waals surface area contributed by atoms with Gasteiger partial charge in [0.25, 0.3) is 0 Å². The first-order valence-electron chi connectivity index (χ1n) is 4.95. The molecule has 3 nitrogen and oxygen atoms in total. The van der Waals surface area contributed by atoms with Gasteiger partial charge in [-0.2, -0.15) is 0 Å². The van der Waals surface area contributed by atoms with Crippen molar-refractivity contribution in [2.75, 3.05) is 20.3 Å². The van der Waals surface area contributed by atoms with Crippen molar-refractivity contribution < 1.29 is 9.84 Å². The fourth-order valence-electron chi connectivity index (χ4n) is 1.27. The van der Waals surface area contributed by atoms with Crippen molar-refractivity contribution in [3.8, 4) is 0 Å². The predicted octanol–water partition coefficient (Wildman–Crippen LogP) is 1.88. The number of thioether (sulfide) groups is 1. The number of nitrogens with two attached hydrogens (primary N) is 1. The molecule has 0 aliphatic rings. The van der Waals surface area contributed by atoms with Crippen molar-refractivity contribution in [2.24, 2.45) is 5.73 Å². The Morgan fingerprint density at radius 3 is 2.88 bits per heavy atom. The topological polar surface area (TPSA) is 55.5 Å². The third-order valence-electron chi connectivity index (χ3n) is 2.10. The van der Waals surface area contributed by atoms with Crippen molar-refractivity contribution >= 4 is 27.7 Å². The normalized spacial score (nSPS) is 14.8. The predicted molar refractivity (Wildman–Crippen MR) is 70.7 cm³/mol. The van der Waals surface area contributed by atoms with E-state index in [1.807, 2.05) is 24.3 Å². The zero-order valence-corrected chi connectivity index (χ0v) is 11.5. The van der Waals surface area contributed by atoms with Crippen molar-refractivity contribution in [3.63, 3.8) is 0 Å². The van der Waals surface area contributed by atoms with Crippen LogP contribution >= 0.6 is 27.7 Å². The molecule has 2 unspecified atom stereocenters. The lowest BCUT2D eigenvalue weighted by molar-refractivity contribution is 0.167. The van der Waals surface area contributed by atoms with Crippen LogP contribution in [0.4, 0.5) is 0 Å². The maximum atomic E-state index is 9.29. The standard InChI is InChI=1S/C11H16BrNO2S/c1-15-7-10(13)11(6-14)16-9-4-2-3-8(12)5-9/h2-5,10-11,14H,6-7,13H2,1H3. The van der Waals surface area contributed by atoms with E-state index in [1.165, 1.54) is 0 Å². The molecule has 0 spiro atoms. The maximum absolute atomic E-state index is 9.29. The minimum absolute atomic E-state index is 0.0434. The molecule has 0 aliphatic heterocycles. The fourth-order valence-corrected chi connectivity index (χ4v) is 2.86. The Kier molecular flexibility index (Phi) is 6.38. The second-order valence-corrected chi connectivity index (χ2v) is 5.64. The first kappa shape index (κ1) is 14.0. The van der Waals surface area contributed by atoms with E-state index >= 15 is 0 Å². The smallest absolute Gasteiger partial charge is 0.0625 e. The third kappa shape index (κ3) is 4.43. The van der Waals surface area contributed by atoms with Crippen molar-refractivity contribution in [1.29, 1.82) is 0 Å². The first-order valence-corrected chi connectivity index (χ1v) is 6.62. The van der Waals surface area contributed by atoms with Gasteiger partial charge in [0, 0.05) is 27.8 Å². The highest BCUT2D eigenvalue weighted by molar-refractivity contribution is 9.10. The van der Waals surface area contributed by atoms with Crippen molar-refractivity contribution in [3.05, 3.63) is 28.7 Å². The molecule has 1 aromatic carbocycles. The summed E-state index contributed by atoms with van der Waals surface area (Å²) < 4.78 is 6.01. The highest BCUT2D eigenvalue weighted by Crippen LogP contribution is 2.27. The van der Waals surface area contributed by atoms with E-state index in [0.717, 1.165) is 9.37 Å². The number of rotatable bonds is 6. The molecule has 0 fully saturated rings. The van der Waals surface area contributed by atoms with Gasteiger partial charge in [-0.3, -0.25) is 0 Å². The van der Waals surface area contributed by atoms with E-state index in [2.05, 4.69) is 15.9 Å². The number of methoxy groups -OCH3 is 1. The van der Waals surface area contributed by atoms with E-state index in [4.69, 9.17) is 10.5 Å². The summed E-state index contributed by atoms with van der Waals surface area (Å²) in [4.78, 5) is 1.08. The van der Waals surface area contributed by atoms with Gasteiger partial charge in [-0.1, -0.05) is 22.0 Å². The molecule has 0 aromatic heterocycles. The van der Waals surface area contributed by atoms with Crippen molar-refractivity contribution in [1.82, 2.24) is 0 Å². The van der Waals surface area contributed by atoms with Gasteiger partial charge in [0.15, 0.2) is 0 Å². The minimum Gasteiger partial charge on any atom is -0.395 e. The van der Waals surface area contributed by atoms with Gasteiger partial charge in [0.1, 0.15) is 0 Å². The lowest BCUT2D eigenvalue weighted by atomic mass is 10.2. The Labute approximate surface area is 108 Å². The van der Waals surface area contributed by atoms with Crippen molar-refractivity contribution in [2.45, 2.75) is 16.2 Å². The number of hydrogen-bond donors (Lipinski definition) is 2. The molecule has 5 heteroatoms. The molecule has 0 aliphatic carbocycles. The largest absolute Gasteiger partial charge is 0.395 e. The van der Waals surface area contributed by atoms with Gasteiger partial charge in [-0.15, -0.1) is 11.8 Å². The number of benzene rings is 1. The molecular formula is C11H16BrNO2S. The summed E-state index contributed by atoms with van der Waals surface area (Å²) in [5.41, 5.74) is 5.91. The van der Waals surface area contributed by atoms with Gasteiger partial charge < -0.3 is 15.6 Å². The van der Waals surface area contributed by atoms with Gasteiger partial charge in [0.05, 0.1) is 13.2 Å². The molecule has 0 heterocycles. The summed E-state index contributed by atoms with van der Waals surface area (Å²) in [6.45, 7) is 0.494. The molecular weight excluding hydrogens is 290 g/mol. The SMILES string of the molecule is COCC(N)C(CO)Sc1cccc(Br)c1. The molecule has 0 saturated heterocycles. The van der Waals surface area contributed by atoms with Crippen LogP contribution < -0.4 is 5.73 Å². The van der Waals surface area contributed by atoms with Crippen LogP contribution in [0, 0.1) is 0 Å². The average molecular weight is 306 g/mol. The Morgan fingerprint density at radius 1 is 1.56 bits per heavy atom. The summed E-state index contributed by atoms with van der Waals surface area (Å²) in [5.74, 6) is 0. The van der Waals surface area contributed by atoms with Crippen LogP contribution in [-0.2, 0) is 4.74 Å². The van der Waals surface area contributed by atoms with E-state index in [9.17, 15) is 5.11 Å². The highest BCUT2D eigenvalue weighted by atomic mass is 79.9. The Morgan fingerprint density at radius 2 is 2.31 bits per heavy atom. The Hall–Kier alpha value is -0.0700. The molecule has 0 bridgehead atoms. The molecule has 1 rings (SSSR count). The highest BCUT2D eigenvalue weighted by Gasteiger charge is 2.18. The van der Waals surface area contributed by atoms with E-state index < -0.39 is 0 Å². The van der Waals surface area contributed by atoms with Crippen LogP contribution in [0.2, 0.25) is 0 Å². The molecule has 1 aromatic rings. The van der Waals surface area contributed by atoms with Gasteiger partial charge in [-0.25, -0.2) is 0 Å². The zero-order valence-electron chi connectivity index (χ0n) is 9.10. The quantitative estimate of drug-likeness (QED) is 0.788. The number of ether oxygens (including phenoxy) is 1. The number of halogens is 1. The molecule has 16 heavy (non-hydrogen) atoms. The number of aliphatic hydroxyl groups excluding tert-OH is 1. The second-order valence-electron chi connectivity index (χ2n) is 3.42. The zero-order chi connectivity index (χ0) is 12.0. The van der Waals surface area contributed by atoms with Crippen LogP contribution in [-0.4, -0.2) is 36.7 Å². The maximum Gasteiger partial charge on any atom is 0.0625 e. The summed E-state index contributed by atoms with van der Waals surface area (Å²) in [6.07, 6.45) is 0. The van der Waals surface area contributed by atoms with Crippen LogP contribution in [0.15, 0.2) is 33.6 Å². The molecule has 3 N–H and O–H groups in total. The van der Waals surface area contributed by atoms with Gasteiger partial charge >= 0.3 is 0 Å². The van der Waals surface area contributed by atoms with E-state index in [0.29, 0.717) is 6.61 Å². The molecule has 0 amide bonds. The van der Waals surface area contributed by atoms with Crippen LogP contribution in [0.5, 0.6) is 0 Å². The molecule has 0 saturated carbocycles. The van der Waals surface area contributed by atoms with Crippen LogP contribution in [0.1, 0.15) is 0 Å². The third-order valence-corrected chi connectivity index (χ3v) is 3.92. The monoisotopic (exact) mass is 305 g/mol. The van der Waals surface area contributed by atoms with Gasteiger partial charge in [-0.05, 0) is 18.2 Å². The van der Waals surface area contributed by atoms with Crippen LogP contribution in [0.3, 0.4) is 0 Å². The lowest BCUT2D eigenvalue weighted by Crippen LogP contribution is -2.38. The molecule has 0 radical (unpaired) electrons. The van der Waals surface area contributed by atoms with E-state index in [-0.39, 0.29) is 17.9 Å². The summed E-state index contributed by atoms with van der Waals surface area (Å²) >= 11 is 4.98. The molecule has 90 valence electrons. The average Bonchev–Trinajstić information content (AvgIpc) is 2.26. The molecule has 2 atom stereocenters. The first-order chi connectivity index (χ1) is 7.67. The summed E-state index contributed by atoms with van der Waals surface area (Å²) in [5, 5.41) is 9.24. The second kappa shape index (κ2) is 7.29. The van der Waals surface area contributed by atoms with Gasteiger partial charge in [0.2, 0.25) is 0 Å². The summed E-state index contributed by atoms with van der Waals surface area (Å²) in [6, 6.07) is 7.76. The summed E-state index contributed by atoms with van der Waals surface area (Å²) in [7, 11) is 1.61. The number of hydrogen-bond acceptors (Lipinski definition) is 4. The van der Waals surface area contributed by atoms with Crippen LogP contribution in [0.25, 0.3) is 0 Å². The van der Waals surface area contributed by atoms with E-state index in [1.54, 1.807) is 18.9 Å². The fraction of sp³-hybridized carbons (Fsp3) is 0.455. The Balaban J connectivity index is 2.62. The Bertz CT molecular complexity index is 325.